The lowest BCUT2D eigenvalue weighted by atomic mass is 10.2. The molecular weight excluding hydrogens is 510 g/mol. The third-order valence-corrected chi connectivity index (χ3v) is 6.55. The number of amides is 2. The minimum Gasteiger partial charge on any atom is -0.492 e. The van der Waals surface area contributed by atoms with E-state index in [-0.39, 0.29) is 6.03 Å². The van der Waals surface area contributed by atoms with E-state index >= 15 is 0 Å². The van der Waals surface area contributed by atoms with Gasteiger partial charge in [0.1, 0.15) is 10.8 Å². The first kappa shape index (κ1) is 22.6. The molecule has 5 nitrogen and oxygen atoms in total. The third-order valence-electron chi connectivity index (χ3n) is 4.69. The fourth-order valence-corrected chi connectivity index (χ4v) is 4.87. The number of nitrogens with one attached hydrogen (secondary N) is 2. The van der Waals surface area contributed by atoms with Gasteiger partial charge >= 0.3 is 6.03 Å². The molecular formula is C24H21BrClN3O2S. The SMILES string of the molecule is Cc1ccc2nc(-c3ccc(NC(=O)NCCCOc4ccc(Br)cc4Cl)cc3)sc2c1. The van der Waals surface area contributed by atoms with Crippen molar-refractivity contribution >= 4 is 60.8 Å². The number of ether oxygens (including phenoxy) is 1. The average molecular weight is 531 g/mol. The van der Waals surface area contributed by atoms with E-state index in [1.165, 1.54) is 10.3 Å². The van der Waals surface area contributed by atoms with Crippen molar-refractivity contribution in [2.45, 2.75) is 13.3 Å². The molecule has 0 aliphatic rings. The van der Waals surface area contributed by atoms with Gasteiger partial charge in [-0.2, -0.15) is 0 Å². The summed E-state index contributed by atoms with van der Waals surface area (Å²) in [6.07, 6.45) is 0.663. The molecule has 0 saturated carbocycles. The molecule has 2 N–H and O–H groups in total. The van der Waals surface area contributed by atoms with Gasteiger partial charge in [0.05, 0.1) is 21.8 Å². The first-order chi connectivity index (χ1) is 15.5. The normalized spacial score (nSPS) is 10.8. The molecule has 4 rings (SSSR count). The van der Waals surface area contributed by atoms with Crippen molar-refractivity contribution in [3.63, 3.8) is 0 Å². The third kappa shape index (κ3) is 5.79. The second-order valence-electron chi connectivity index (χ2n) is 7.23. The van der Waals surface area contributed by atoms with Crippen molar-refractivity contribution < 1.29 is 9.53 Å². The molecule has 0 saturated heterocycles. The summed E-state index contributed by atoms with van der Waals surface area (Å²) in [4.78, 5) is 16.8. The van der Waals surface area contributed by atoms with Crippen LogP contribution in [0.15, 0.2) is 65.1 Å². The number of nitrogens with zero attached hydrogens (tertiary/aromatic N) is 1. The molecule has 0 fully saturated rings. The number of halogens is 2. The lowest BCUT2D eigenvalue weighted by molar-refractivity contribution is 0.250. The number of anilines is 1. The molecule has 0 aliphatic carbocycles. The van der Waals surface area contributed by atoms with E-state index < -0.39 is 0 Å². The standard InChI is InChI=1S/C24H21BrClN3O2S/c1-15-3-9-20-22(13-15)32-23(29-20)16-4-7-18(8-5-16)28-24(30)27-11-2-12-31-21-10-6-17(25)14-19(21)26/h3-10,13-14H,2,11-12H2,1H3,(H2,27,28,30). The van der Waals surface area contributed by atoms with Crippen molar-refractivity contribution in [1.82, 2.24) is 10.3 Å². The fraction of sp³-hybridized carbons (Fsp3) is 0.167. The Morgan fingerprint density at radius 2 is 1.94 bits per heavy atom. The summed E-state index contributed by atoms with van der Waals surface area (Å²) in [5.41, 5.74) is 3.98. The van der Waals surface area contributed by atoms with Crippen LogP contribution in [0.3, 0.4) is 0 Å². The van der Waals surface area contributed by atoms with Gasteiger partial charge in [-0.25, -0.2) is 9.78 Å². The first-order valence-corrected chi connectivity index (χ1v) is 12.1. The molecule has 2 amide bonds. The molecule has 0 bridgehead atoms. The van der Waals surface area contributed by atoms with Crippen LogP contribution in [0, 0.1) is 6.92 Å². The highest BCUT2D eigenvalue weighted by Gasteiger charge is 2.08. The summed E-state index contributed by atoms with van der Waals surface area (Å²) >= 11 is 11.1. The van der Waals surface area contributed by atoms with Gasteiger partial charge in [0.2, 0.25) is 0 Å². The van der Waals surface area contributed by atoms with E-state index in [9.17, 15) is 4.79 Å². The van der Waals surface area contributed by atoms with Gasteiger partial charge in [0, 0.05) is 22.3 Å². The average Bonchev–Trinajstić information content (AvgIpc) is 3.18. The number of hydrogen-bond donors (Lipinski definition) is 2. The molecule has 0 atom stereocenters. The van der Waals surface area contributed by atoms with Gasteiger partial charge in [0.25, 0.3) is 0 Å². The van der Waals surface area contributed by atoms with Crippen LogP contribution in [0.5, 0.6) is 5.75 Å². The summed E-state index contributed by atoms with van der Waals surface area (Å²) in [6.45, 7) is 3.02. The monoisotopic (exact) mass is 529 g/mol. The van der Waals surface area contributed by atoms with E-state index in [2.05, 4.69) is 45.6 Å². The van der Waals surface area contributed by atoms with Crippen LogP contribution < -0.4 is 15.4 Å². The predicted molar refractivity (Wildman–Crippen MR) is 136 cm³/mol. The Balaban J connectivity index is 1.23. The van der Waals surface area contributed by atoms with Crippen molar-refractivity contribution in [2.24, 2.45) is 0 Å². The molecule has 0 radical (unpaired) electrons. The Bertz CT molecular complexity index is 1240. The smallest absolute Gasteiger partial charge is 0.319 e. The Morgan fingerprint density at radius 3 is 2.72 bits per heavy atom. The highest BCUT2D eigenvalue weighted by atomic mass is 79.9. The second kappa shape index (κ2) is 10.3. The Labute approximate surface area is 203 Å². The Morgan fingerprint density at radius 1 is 1.12 bits per heavy atom. The van der Waals surface area contributed by atoms with E-state index in [0.29, 0.717) is 30.3 Å². The van der Waals surface area contributed by atoms with Crippen LogP contribution in [-0.2, 0) is 0 Å². The maximum atomic E-state index is 12.1. The quantitative estimate of drug-likeness (QED) is 0.247. The summed E-state index contributed by atoms with van der Waals surface area (Å²) in [7, 11) is 0. The largest absolute Gasteiger partial charge is 0.492 e. The van der Waals surface area contributed by atoms with Crippen molar-refractivity contribution in [3.05, 3.63) is 75.7 Å². The van der Waals surface area contributed by atoms with Crippen LogP contribution in [0.25, 0.3) is 20.8 Å². The van der Waals surface area contributed by atoms with E-state index in [4.69, 9.17) is 21.3 Å². The van der Waals surface area contributed by atoms with Crippen LogP contribution in [0.2, 0.25) is 5.02 Å². The highest BCUT2D eigenvalue weighted by Crippen LogP contribution is 2.31. The van der Waals surface area contributed by atoms with Crippen molar-refractivity contribution in [2.75, 3.05) is 18.5 Å². The van der Waals surface area contributed by atoms with Gasteiger partial charge in [0.15, 0.2) is 0 Å². The molecule has 1 heterocycles. The molecule has 164 valence electrons. The summed E-state index contributed by atoms with van der Waals surface area (Å²) in [6, 6.07) is 19.2. The molecule has 0 spiro atoms. The Hall–Kier alpha value is -2.61. The van der Waals surface area contributed by atoms with Crippen molar-refractivity contribution in [1.29, 1.82) is 0 Å². The maximum absolute atomic E-state index is 12.1. The van der Waals surface area contributed by atoms with E-state index in [0.717, 1.165) is 26.2 Å². The summed E-state index contributed by atoms with van der Waals surface area (Å²) in [5.74, 6) is 0.627. The van der Waals surface area contributed by atoms with Gasteiger partial charge in [-0.15, -0.1) is 11.3 Å². The van der Waals surface area contributed by atoms with E-state index in [1.807, 2.05) is 42.5 Å². The minimum absolute atomic E-state index is 0.255. The van der Waals surface area contributed by atoms with Gasteiger partial charge in [-0.1, -0.05) is 33.6 Å². The molecule has 4 aromatic rings. The van der Waals surface area contributed by atoms with Crippen LogP contribution in [0.1, 0.15) is 12.0 Å². The zero-order valence-corrected chi connectivity index (χ0v) is 20.5. The summed E-state index contributed by atoms with van der Waals surface area (Å²) in [5, 5.41) is 7.19. The fourth-order valence-electron chi connectivity index (χ4n) is 3.08. The lowest BCUT2D eigenvalue weighted by Gasteiger charge is -2.10. The number of fused-ring (bicyclic) bond motifs is 1. The predicted octanol–water partition coefficient (Wildman–Crippen LogP) is 7.28. The van der Waals surface area contributed by atoms with Crippen LogP contribution in [0.4, 0.5) is 10.5 Å². The van der Waals surface area contributed by atoms with Crippen molar-refractivity contribution in [3.8, 4) is 16.3 Å². The number of rotatable bonds is 7. The molecule has 1 aromatic heterocycles. The minimum atomic E-state index is -0.255. The topological polar surface area (TPSA) is 63.2 Å². The van der Waals surface area contributed by atoms with E-state index in [1.54, 1.807) is 17.4 Å². The maximum Gasteiger partial charge on any atom is 0.319 e. The number of carbonyl (C=O) groups is 1. The molecule has 0 aliphatic heterocycles. The zero-order chi connectivity index (χ0) is 22.5. The number of aromatic nitrogens is 1. The number of thiazole rings is 1. The van der Waals surface area contributed by atoms with Gasteiger partial charge in [-0.05, 0) is 73.5 Å². The molecule has 3 aromatic carbocycles. The van der Waals surface area contributed by atoms with Gasteiger partial charge < -0.3 is 15.4 Å². The number of urea groups is 1. The van der Waals surface area contributed by atoms with Gasteiger partial charge in [-0.3, -0.25) is 0 Å². The molecule has 0 unspecified atom stereocenters. The number of hydrogen-bond acceptors (Lipinski definition) is 4. The van der Waals surface area contributed by atoms with Crippen LogP contribution >= 0.6 is 38.9 Å². The Kier molecular flexibility index (Phi) is 7.29. The number of aryl methyl sites for hydroxylation is 1. The lowest BCUT2D eigenvalue weighted by Crippen LogP contribution is -2.30. The first-order valence-electron chi connectivity index (χ1n) is 10.1. The second-order valence-corrected chi connectivity index (χ2v) is 9.58. The highest BCUT2D eigenvalue weighted by molar-refractivity contribution is 9.10. The zero-order valence-electron chi connectivity index (χ0n) is 17.3. The summed E-state index contributed by atoms with van der Waals surface area (Å²) < 4.78 is 7.72. The number of carbonyl (C=O) groups excluding carboxylic acids is 1. The molecule has 8 heteroatoms. The number of benzene rings is 3. The molecule has 32 heavy (non-hydrogen) atoms. The van der Waals surface area contributed by atoms with Crippen LogP contribution in [-0.4, -0.2) is 24.2 Å².